The molecule has 188 valence electrons. The molecule has 0 aliphatic heterocycles. The van der Waals surface area contributed by atoms with Crippen LogP contribution in [0.1, 0.15) is 85.5 Å². The summed E-state index contributed by atoms with van der Waals surface area (Å²) in [5.74, 6) is -1.11. The number of aromatic hydroxyl groups is 2. The maximum absolute atomic E-state index is 11.8. The maximum atomic E-state index is 11.8. The van der Waals surface area contributed by atoms with Crippen LogP contribution in [0.3, 0.4) is 0 Å². The second kappa shape index (κ2) is 16.7. The lowest BCUT2D eigenvalue weighted by molar-refractivity contribution is -0.145. The Kier molecular flexibility index (Phi) is 14.8. The smallest absolute Gasteiger partial charge is 0.333 e. The van der Waals surface area contributed by atoms with Gasteiger partial charge in [-0.3, -0.25) is 0 Å². The monoisotopic (exact) mass is 485 g/mol. The molecule has 1 rings (SSSR count). The number of aromatic nitrogens is 1. The molecule has 1 heterocycles. The molecule has 10 heteroatoms. The van der Waals surface area contributed by atoms with Crippen LogP contribution in [-0.2, 0) is 13.8 Å². The van der Waals surface area contributed by atoms with Crippen molar-refractivity contribution in [3.63, 3.8) is 0 Å². The van der Waals surface area contributed by atoms with Gasteiger partial charge in [0, 0.05) is 30.6 Å². The van der Waals surface area contributed by atoms with E-state index in [1.165, 1.54) is 12.1 Å². The predicted molar refractivity (Wildman–Crippen MR) is 127 cm³/mol. The van der Waals surface area contributed by atoms with Crippen LogP contribution in [0.4, 0.5) is 0 Å². The van der Waals surface area contributed by atoms with Crippen molar-refractivity contribution in [1.29, 1.82) is 5.26 Å². The minimum absolute atomic E-state index is 0.239. The third-order valence-electron chi connectivity index (χ3n) is 4.88. The van der Waals surface area contributed by atoms with Crippen LogP contribution >= 0.6 is 8.53 Å². The highest BCUT2D eigenvalue weighted by Gasteiger charge is 2.26. The molecule has 0 saturated heterocycles. The molecule has 1 atom stereocenters. The summed E-state index contributed by atoms with van der Waals surface area (Å²) in [5.41, 5.74) is 0. The molecule has 0 aliphatic rings. The molecule has 0 amide bonds. The van der Waals surface area contributed by atoms with E-state index in [0.29, 0.717) is 42.9 Å². The van der Waals surface area contributed by atoms with Crippen molar-refractivity contribution in [3.8, 4) is 17.8 Å². The first-order valence-corrected chi connectivity index (χ1v) is 12.9. The maximum Gasteiger partial charge on any atom is 0.333 e. The van der Waals surface area contributed by atoms with Crippen LogP contribution in [-0.4, -0.2) is 50.9 Å². The Bertz CT molecular complexity index is 692. The van der Waals surface area contributed by atoms with Crippen LogP contribution in [0.5, 0.6) is 11.8 Å². The molecule has 0 fully saturated rings. The minimum atomic E-state index is -1.17. The zero-order valence-corrected chi connectivity index (χ0v) is 21.3. The molecule has 33 heavy (non-hydrogen) atoms. The minimum Gasteiger partial charge on any atom is -0.492 e. The second-order valence-electron chi connectivity index (χ2n) is 8.41. The zero-order valence-electron chi connectivity index (χ0n) is 20.4. The molecular weight excluding hydrogens is 445 g/mol. The van der Waals surface area contributed by atoms with E-state index in [-0.39, 0.29) is 18.2 Å². The highest BCUT2D eigenvalue weighted by atomic mass is 31.2. The first-order chi connectivity index (χ1) is 15.8. The predicted octanol–water partition coefficient (Wildman–Crippen LogP) is 5.27. The lowest BCUT2D eigenvalue weighted by Crippen LogP contribution is -2.33. The van der Waals surface area contributed by atoms with Gasteiger partial charge < -0.3 is 24.1 Å². The van der Waals surface area contributed by atoms with E-state index in [1.807, 2.05) is 0 Å². The van der Waals surface area contributed by atoms with E-state index in [4.69, 9.17) is 19.1 Å². The van der Waals surface area contributed by atoms with Gasteiger partial charge in [0.25, 0.3) is 8.53 Å². The van der Waals surface area contributed by atoms with E-state index in [2.05, 4.69) is 38.4 Å². The summed E-state index contributed by atoms with van der Waals surface area (Å²) < 4.78 is 14.9. The number of rotatable bonds is 18. The van der Waals surface area contributed by atoms with E-state index in [0.717, 1.165) is 38.5 Å². The highest BCUT2D eigenvalue weighted by molar-refractivity contribution is 7.44. The van der Waals surface area contributed by atoms with Crippen molar-refractivity contribution < 1.29 is 28.9 Å². The van der Waals surface area contributed by atoms with Crippen LogP contribution in [0.15, 0.2) is 12.1 Å². The van der Waals surface area contributed by atoms with Crippen molar-refractivity contribution in [2.45, 2.75) is 97.6 Å². The fourth-order valence-corrected chi connectivity index (χ4v) is 4.98. The Balaban J connectivity index is 2.14. The van der Waals surface area contributed by atoms with Gasteiger partial charge in [-0.1, -0.05) is 32.1 Å². The third kappa shape index (κ3) is 11.7. The molecule has 0 aromatic carbocycles. The summed E-state index contributed by atoms with van der Waals surface area (Å²) in [4.78, 5) is 16.7. The molecule has 1 aromatic heterocycles. The zero-order chi connectivity index (χ0) is 24.6. The Morgan fingerprint density at radius 1 is 0.970 bits per heavy atom. The first kappa shape index (κ1) is 29.2. The SMILES string of the molecule is CC(C)N(C(C)C)P(OCCC#N)OCCCCCCCCCC(=O)On1c(O)ccc1O. The number of carbonyl (C=O) groups is 1. The summed E-state index contributed by atoms with van der Waals surface area (Å²) >= 11 is 0. The summed E-state index contributed by atoms with van der Waals surface area (Å²) in [6.45, 7) is 9.53. The molecule has 0 saturated carbocycles. The normalized spacial score (nSPS) is 12.4. The number of hydrogen-bond acceptors (Lipinski definition) is 8. The Morgan fingerprint density at radius 3 is 2.03 bits per heavy atom. The fourth-order valence-electron chi connectivity index (χ4n) is 3.35. The van der Waals surface area contributed by atoms with Gasteiger partial charge in [0.05, 0.1) is 25.7 Å². The molecule has 0 aliphatic carbocycles. The summed E-state index contributed by atoms with van der Waals surface area (Å²) in [6, 6.07) is 5.21. The number of nitrogens with zero attached hydrogens (tertiary/aromatic N) is 3. The molecule has 9 nitrogen and oxygen atoms in total. The van der Waals surface area contributed by atoms with Gasteiger partial charge >= 0.3 is 5.97 Å². The van der Waals surface area contributed by atoms with Gasteiger partial charge in [-0.05, 0) is 40.5 Å². The number of unbranched alkanes of at least 4 members (excludes halogenated alkanes) is 6. The van der Waals surface area contributed by atoms with E-state index in [9.17, 15) is 15.0 Å². The quantitative estimate of drug-likeness (QED) is 0.213. The standard InChI is InChI=1S/C23H40N3O6P/c1-19(2)26(20(3)4)33(31-18-12-16-24)30-17-11-9-7-5-6-8-10-13-23(29)32-25-21(27)14-15-22(25)28/h14-15,19-20,27-28H,5-13,17-18H2,1-4H3. The Morgan fingerprint density at radius 2 is 1.48 bits per heavy atom. The summed E-state index contributed by atoms with van der Waals surface area (Å²) in [7, 11) is -1.17. The molecule has 0 bridgehead atoms. The molecule has 1 aromatic rings. The average molecular weight is 486 g/mol. The van der Waals surface area contributed by atoms with Crippen LogP contribution in [0, 0.1) is 11.3 Å². The summed E-state index contributed by atoms with van der Waals surface area (Å²) in [6.07, 6.45) is 7.48. The number of carbonyl (C=O) groups excluding carboxylic acids is 1. The lowest BCUT2D eigenvalue weighted by atomic mass is 10.1. The van der Waals surface area contributed by atoms with Gasteiger partial charge in [-0.25, -0.2) is 9.46 Å². The average Bonchev–Trinajstić information content (AvgIpc) is 3.06. The van der Waals surface area contributed by atoms with Gasteiger partial charge in [0.2, 0.25) is 11.8 Å². The van der Waals surface area contributed by atoms with Gasteiger partial charge in [0.15, 0.2) is 0 Å². The van der Waals surface area contributed by atoms with E-state index < -0.39 is 14.5 Å². The Labute approximate surface area is 199 Å². The van der Waals surface area contributed by atoms with E-state index >= 15 is 0 Å². The van der Waals surface area contributed by atoms with Crippen molar-refractivity contribution >= 4 is 14.5 Å². The van der Waals surface area contributed by atoms with Gasteiger partial charge in [-0.2, -0.15) is 5.26 Å². The molecule has 0 radical (unpaired) electrons. The molecule has 2 N–H and O–H groups in total. The van der Waals surface area contributed by atoms with E-state index in [1.54, 1.807) is 0 Å². The summed E-state index contributed by atoms with van der Waals surface area (Å²) in [5, 5.41) is 27.7. The first-order valence-electron chi connectivity index (χ1n) is 11.8. The number of nitriles is 1. The third-order valence-corrected chi connectivity index (χ3v) is 6.99. The van der Waals surface area contributed by atoms with Gasteiger partial charge in [-0.15, -0.1) is 4.73 Å². The lowest BCUT2D eigenvalue weighted by Gasteiger charge is -2.35. The van der Waals surface area contributed by atoms with Crippen molar-refractivity contribution in [3.05, 3.63) is 12.1 Å². The fraction of sp³-hybridized carbons (Fsp3) is 0.739. The highest BCUT2D eigenvalue weighted by Crippen LogP contribution is 2.46. The van der Waals surface area contributed by atoms with Gasteiger partial charge in [0.1, 0.15) is 0 Å². The van der Waals surface area contributed by atoms with Crippen molar-refractivity contribution in [2.24, 2.45) is 0 Å². The second-order valence-corrected chi connectivity index (χ2v) is 9.87. The van der Waals surface area contributed by atoms with Crippen molar-refractivity contribution in [1.82, 2.24) is 9.40 Å². The molecule has 1 unspecified atom stereocenters. The molecule has 0 spiro atoms. The van der Waals surface area contributed by atoms with Crippen LogP contribution < -0.4 is 4.84 Å². The number of hydrogen-bond donors (Lipinski definition) is 2. The topological polar surface area (TPSA) is 117 Å². The van der Waals surface area contributed by atoms with Crippen LogP contribution in [0.25, 0.3) is 0 Å². The Hall–Kier alpha value is -1.85. The van der Waals surface area contributed by atoms with Crippen molar-refractivity contribution in [2.75, 3.05) is 13.2 Å². The largest absolute Gasteiger partial charge is 0.492 e. The van der Waals surface area contributed by atoms with Crippen LogP contribution in [0.2, 0.25) is 0 Å². The molecular formula is C23H40N3O6P.